The zero-order valence-electron chi connectivity index (χ0n) is 16.2. The van der Waals surface area contributed by atoms with Crippen LogP contribution >= 0.6 is 0 Å². The minimum atomic E-state index is -3.91. The van der Waals surface area contributed by atoms with Crippen LogP contribution in [-0.2, 0) is 30.4 Å². The van der Waals surface area contributed by atoms with Gasteiger partial charge in [0.25, 0.3) is 10.1 Å². The Morgan fingerprint density at radius 2 is 1.79 bits per heavy atom. The molecule has 0 unspecified atom stereocenters. The standard InChI is InChI=1S/C22H26O5S/c1-4-5-11-22(27-28(23,24)21-14-12-18(2)13-15-21)19(3)26-17-25-16-20-9-7-6-8-10-20/h5-10,12-15,19,22H,1,11,16-17H2,2-3H3/t19-,22-/m0/s1. The van der Waals surface area contributed by atoms with E-state index in [1.807, 2.05) is 37.3 Å². The Kier molecular flexibility index (Phi) is 8.64. The van der Waals surface area contributed by atoms with Crippen LogP contribution in [0.25, 0.3) is 0 Å². The minimum Gasteiger partial charge on any atom is -0.351 e. The van der Waals surface area contributed by atoms with Crippen LogP contribution in [0.5, 0.6) is 0 Å². The summed E-state index contributed by atoms with van der Waals surface area (Å²) in [6.07, 6.45) is 0.690. The van der Waals surface area contributed by atoms with Crippen molar-refractivity contribution >= 4 is 10.1 Å². The molecule has 0 radical (unpaired) electrons. The minimum absolute atomic E-state index is 0.0261. The van der Waals surface area contributed by atoms with Crippen molar-refractivity contribution in [3.05, 3.63) is 84.1 Å². The largest absolute Gasteiger partial charge is 0.351 e. The zero-order valence-corrected chi connectivity index (χ0v) is 17.0. The number of hydrogen-bond donors (Lipinski definition) is 0. The Morgan fingerprint density at radius 1 is 1.11 bits per heavy atom. The molecule has 0 fully saturated rings. The van der Waals surface area contributed by atoms with Crippen molar-refractivity contribution in [2.24, 2.45) is 0 Å². The lowest BCUT2D eigenvalue weighted by atomic mass is 10.1. The molecule has 0 heterocycles. The second-order valence-electron chi connectivity index (χ2n) is 6.37. The van der Waals surface area contributed by atoms with E-state index in [9.17, 15) is 8.42 Å². The molecular weight excluding hydrogens is 376 g/mol. The summed E-state index contributed by atoms with van der Waals surface area (Å²) in [7, 11) is -3.91. The quantitative estimate of drug-likeness (QED) is 0.242. The second kappa shape index (κ2) is 11.0. The third-order valence-corrected chi connectivity index (χ3v) is 5.45. The van der Waals surface area contributed by atoms with E-state index in [0.717, 1.165) is 11.1 Å². The molecule has 0 saturated carbocycles. The van der Waals surface area contributed by atoms with Crippen LogP contribution in [0.4, 0.5) is 0 Å². The molecule has 2 aromatic rings. The summed E-state index contributed by atoms with van der Waals surface area (Å²) in [4.78, 5) is 0.109. The van der Waals surface area contributed by atoms with Crippen molar-refractivity contribution in [2.45, 2.75) is 44.0 Å². The van der Waals surface area contributed by atoms with Crippen molar-refractivity contribution in [2.75, 3.05) is 6.79 Å². The van der Waals surface area contributed by atoms with Crippen molar-refractivity contribution in [3.8, 4) is 0 Å². The van der Waals surface area contributed by atoms with E-state index in [2.05, 4.69) is 12.3 Å². The van der Waals surface area contributed by atoms with Crippen LogP contribution < -0.4 is 0 Å². The van der Waals surface area contributed by atoms with Gasteiger partial charge in [0.2, 0.25) is 0 Å². The molecule has 0 aromatic heterocycles. The van der Waals surface area contributed by atoms with Gasteiger partial charge in [-0.3, -0.25) is 4.18 Å². The number of hydrogen-bond acceptors (Lipinski definition) is 5. The summed E-state index contributed by atoms with van der Waals surface area (Å²) >= 11 is 0. The van der Waals surface area contributed by atoms with E-state index in [-0.39, 0.29) is 11.7 Å². The normalized spacial score (nSPS) is 13.5. The zero-order chi connectivity index (χ0) is 20.4. The Balaban J connectivity index is 1.95. The molecule has 0 bridgehead atoms. The predicted octanol–water partition coefficient (Wildman–Crippen LogP) is 4.38. The molecule has 2 rings (SSSR count). The van der Waals surface area contributed by atoms with E-state index < -0.39 is 22.3 Å². The van der Waals surface area contributed by atoms with Gasteiger partial charge in [-0.15, -0.1) is 5.73 Å². The van der Waals surface area contributed by atoms with Gasteiger partial charge in [0, 0.05) is 6.42 Å². The van der Waals surface area contributed by atoms with E-state index in [1.165, 1.54) is 12.1 Å². The number of aryl methyl sites for hydroxylation is 1. The summed E-state index contributed by atoms with van der Waals surface area (Å²) in [6.45, 7) is 7.59. The molecule has 28 heavy (non-hydrogen) atoms. The molecule has 0 aliphatic heterocycles. The lowest BCUT2D eigenvalue weighted by molar-refractivity contribution is -0.116. The lowest BCUT2D eigenvalue weighted by Gasteiger charge is -2.23. The maximum absolute atomic E-state index is 12.6. The van der Waals surface area contributed by atoms with Gasteiger partial charge in [-0.05, 0) is 37.6 Å². The summed E-state index contributed by atoms with van der Waals surface area (Å²) in [5.74, 6) is 0. The van der Waals surface area contributed by atoms with Gasteiger partial charge in [0.15, 0.2) is 0 Å². The first-order valence-electron chi connectivity index (χ1n) is 9.00. The number of ether oxygens (including phenoxy) is 2. The van der Waals surface area contributed by atoms with Gasteiger partial charge in [-0.1, -0.05) is 54.6 Å². The van der Waals surface area contributed by atoms with Crippen LogP contribution in [-0.4, -0.2) is 27.4 Å². The van der Waals surface area contributed by atoms with E-state index in [0.29, 0.717) is 13.0 Å². The van der Waals surface area contributed by atoms with E-state index in [1.54, 1.807) is 25.1 Å². The van der Waals surface area contributed by atoms with Crippen molar-refractivity contribution in [3.63, 3.8) is 0 Å². The number of benzene rings is 2. The van der Waals surface area contributed by atoms with E-state index in [4.69, 9.17) is 13.7 Å². The van der Waals surface area contributed by atoms with Crippen LogP contribution in [0.1, 0.15) is 24.5 Å². The Labute approximate surface area is 167 Å². The predicted molar refractivity (Wildman–Crippen MR) is 108 cm³/mol. The highest BCUT2D eigenvalue weighted by Gasteiger charge is 2.26. The fourth-order valence-electron chi connectivity index (χ4n) is 2.43. The Morgan fingerprint density at radius 3 is 2.43 bits per heavy atom. The average Bonchev–Trinajstić information content (AvgIpc) is 2.69. The maximum atomic E-state index is 12.6. The molecule has 2 atom stereocenters. The van der Waals surface area contributed by atoms with Crippen LogP contribution in [0, 0.1) is 6.92 Å². The van der Waals surface area contributed by atoms with Gasteiger partial charge >= 0.3 is 0 Å². The SMILES string of the molecule is C=C=CC[C@H](OS(=O)(=O)c1ccc(C)cc1)[C@H](C)OCOCc1ccccc1. The monoisotopic (exact) mass is 402 g/mol. The summed E-state index contributed by atoms with van der Waals surface area (Å²) < 4.78 is 41.7. The fourth-order valence-corrected chi connectivity index (χ4v) is 3.57. The Hall–Kier alpha value is -2.21. The van der Waals surface area contributed by atoms with Gasteiger partial charge in [0.1, 0.15) is 12.9 Å². The topological polar surface area (TPSA) is 61.8 Å². The fraction of sp³-hybridized carbons (Fsp3) is 0.318. The average molecular weight is 403 g/mol. The van der Waals surface area contributed by atoms with Crippen LogP contribution in [0.3, 0.4) is 0 Å². The van der Waals surface area contributed by atoms with Crippen molar-refractivity contribution in [1.82, 2.24) is 0 Å². The highest BCUT2D eigenvalue weighted by Crippen LogP contribution is 2.19. The third-order valence-electron chi connectivity index (χ3n) is 4.10. The van der Waals surface area contributed by atoms with Crippen LogP contribution in [0.15, 0.2) is 77.9 Å². The van der Waals surface area contributed by atoms with E-state index >= 15 is 0 Å². The summed E-state index contributed by atoms with van der Waals surface area (Å²) in [5.41, 5.74) is 4.64. The molecular formula is C22H26O5S. The molecule has 150 valence electrons. The van der Waals surface area contributed by atoms with Gasteiger partial charge < -0.3 is 9.47 Å². The first-order chi connectivity index (χ1) is 13.4. The van der Waals surface area contributed by atoms with Crippen LogP contribution in [0.2, 0.25) is 0 Å². The molecule has 0 aliphatic carbocycles. The van der Waals surface area contributed by atoms with Gasteiger partial charge in [0.05, 0.1) is 17.6 Å². The molecule has 0 N–H and O–H groups in total. The highest BCUT2D eigenvalue weighted by atomic mass is 32.2. The van der Waals surface area contributed by atoms with Gasteiger partial charge in [-0.2, -0.15) is 8.42 Å². The van der Waals surface area contributed by atoms with Gasteiger partial charge in [-0.25, -0.2) is 0 Å². The summed E-state index contributed by atoms with van der Waals surface area (Å²) in [6, 6.07) is 16.2. The maximum Gasteiger partial charge on any atom is 0.297 e. The third kappa shape index (κ3) is 7.08. The molecule has 2 aromatic carbocycles. The first-order valence-corrected chi connectivity index (χ1v) is 10.4. The molecule has 0 saturated heterocycles. The second-order valence-corrected chi connectivity index (χ2v) is 7.94. The molecule has 0 aliphatic rings. The Bertz CT molecular complexity index is 869. The van der Waals surface area contributed by atoms with Crippen molar-refractivity contribution in [1.29, 1.82) is 0 Å². The molecule has 0 amide bonds. The molecule has 6 heteroatoms. The first kappa shape index (κ1) is 22.1. The molecule has 5 nitrogen and oxygen atoms in total. The highest BCUT2D eigenvalue weighted by molar-refractivity contribution is 7.86. The smallest absolute Gasteiger partial charge is 0.297 e. The van der Waals surface area contributed by atoms with Crippen molar-refractivity contribution < 1.29 is 22.1 Å². The number of rotatable bonds is 11. The lowest BCUT2D eigenvalue weighted by Crippen LogP contribution is -2.31. The molecule has 0 spiro atoms. The summed E-state index contributed by atoms with van der Waals surface area (Å²) in [5, 5.41) is 0.